The molecule has 0 aliphatic carbocycles. The van der Waals surface area contributed by atoms with Gasteiger partial charge in [-0.3, -0.25) is 0 Å². The first-order valence-electron chi connectivity index (χ1n) is 6.07. The van der Waals surface area contributed by atoms with Crippen molar-refractivity contribution in [3.63, 3.8) is 0 Å². The molecule has 0 N–H and O–H groups in total. The molecule has 2 unspecified atom stereocenters. The maximum absolute atomic E-state index is 5.67. The maximum Gasteiger partial charge on any atom is 0.505 e. The SMILES string of the molecule is CO[Si](OC)(OC)C(CC[SiH3])COCC1CO1. The lowest BCUT2D eigenvalue weighted by atomic mass is 10.3. The van der Waals surface area contributed by atoms with Crippen molar-refractivity contribution in [2.75, 3.05) is 41.2 Å². The molecule has 17 heavy (non-hydrogen) atoms. The molecule has 1 fully saturated rings. The van der Waals surface area contributed by atoms with Crippen LogP contribution in [-0.2, 0) is 22.8 Å². The van der Waals surface area contributed by atoms with Gasteiger partial charge in [-0.25, -0.2) is 0 Å². The molecule has 0 aromatic carbocycles. The Morgan fingerprint density at radius 2 is 1.88 bits per heavy atom. The molecule has 2 atom stereocenters. The molecule has 0 spiro atoms. The van der Waals surface area contributed by atoms with E-state index in [0.29, 0.717) is 19.3 Å². The fourth-order valence-corrected chi connectivity index (χ4v) is 5.71. The number of rotatable bonds is 10. The molecule has 5 nitrogen and oxygen atoms in total. The van der Waals surface area contributed by atoms with E-state index in [2.05, 4.69) is 0 Å². The van der Waals surface area contributed by atoms with Gasteiger partial charge in [-0.2, -0.15) is 0 Å². The minimum atomic E-state index is -2.56. The first-order valence-corrected chi connectivity index (χ1v) is 9.28. The molecule has 1 saturated heterocycles. The Kier molecular flexibility index (Phi) is 6.86. The Bertz CT molecular complexity index is 201. The van der Waals surface area contributed by atoms with Crippen LogP contribution < -0.4 is 0 Å². The van der Waals surface area contributed by atoms with Gasteiger partial charge < -0.3 is 22.8 Å². The quantitative estimate of drug-likeness (QED) is 0.410. The summed E-state index contributed by atoms with van der Waals surface area (Å²) in [5, 5.41) is 0. The van der Waals surface area contributed by atoms with Crippen molar-refractivity contribution in [2.45, 2.75) is 24.1 Å². The predicted octanol–water partition coefficient (Wildman–Crippen LogP) is -0.176. The van der Waals surface area contributed by atoms with Gasteiger partial charge >= 0.3 is 8.80 Å². The third-order valence-electron chi connectivity index (χ3n) is 3.02. The summed E-state index contributed by atoms with van der Waals surface area (Å²) in [5.74, 6) is 0. The molecule has 0 bridgehead atoms. The van der Waals surface area contributed by atoms with Crippen LogP contribution in [0.3, 0.4) is 0 Å². The van der Waals surface area contributed by atoms with Crippen molar-refractivity contribution in [3.8, 4) is 0 Å². The summed E-state index contributed by atoms with van der Waals surface area (Å²) in [6.45, 7) is 2.12. The molecule has 0 aromatic heterocycles. The first-order chi connectivity index (χ1) is 8.22. The Labute approximate surface area is 108 Å². The van der Waals surface area contributed by atoms with E-state index in [0.717, 1.165) is 13.0 Å². The van der Waals surface area contributed by atoms with Crippen molar-refractivity contribution >= 4 is 19.0 Å². The summed E-state index contributed by atoms with van der Waals surface area (Å²) < 4.78 is 27.4. The maximum atomic E-state index is 5.67. The van der Waals surface area contributed by atoms with E-state index in [1.165, 1.54) is 16.3 Å². The highest BCUT2D eigenvalue weighted by atomic mass is 28.4. The molecule has 1 rings (SSSR count). The fourth-order valence-electron chi connectivity index (χ4n) is 1.97. The zero-order valence-corrected chi connectivity index (χ0v) is 14.2. The lowest BCUT2D eigenvalue weighted by Crippen LogP contribution is -2.49. The van der Waals surface area contributed by atoms with Crippen LogP contribution in [0.5, 0.6) is 0 Å². The van der Waals surface area contributed by atoms with Crippen LogP contribution in [0.4, 0.5) is 0 Å². The van der Waals surface area contributed by atoms with Crippen LogP contribution in [-0.4, -0.2) is 66.3 Å². The van der Waals surface area contributed by atoms with Crippen LogP contribution in [0.2, 0.25) is 11.6 Å². The van der Waals surface area contributed by atoms with E-state index in [1.807, 2.05) is 0 Å². The number of epoxide rings is 1. The van der Waals surface area contributed by atoms with Crippen molar-refractivity contribution < 1.29 is 22.8 Å². The minimum Gasteiger partial charge on any atom is -0.378 e. The molecule has 0 radical (unpaired) electrons. The molecule has 7 heteroatoms. The van der Waals surface area contributed by atoms with Gasteiger partial charge in [-0.15, -0.1) is 0 Å². The lowest BCUT2D eigenvalue weighted by molar-refractivity contribution is 0.0665. The van der Waals surface area contributed by atoms with Gasteiger partial charge in [0.1, 0.15) is 6.10 Å². The molecule has 1 aliphatic rings. The van der Waals surface area contributed by atoms with Crippen LogP contribution >= 0.6 is 0 Å². The Morgan fingerprint density at radius 1 is 1.29 bits per heavy atom. The van der Waals surface area contributed by atoms with Crippen LogP contribution in [0.1, 0.15) is 6.42 Å². The van der Waals surface area contributed by atoms with Crippen molar-refractivity contribution in [1.29, 1.82) is 0 Å². The van der Waals surface area contributed by atoms with Gasteiger partial charge in [0.2, 0.25) is 0 Å². The Hall–Kier alpha value is 0.234. The Morgan fingerprint density at radius 3 is 2.29 bits per heavy atom. The van der Waals surface area contributed by atoms with E-state index in [1.54, 1.807) is 21.3 Å². The topological polar surface area (TPSA) is 49.5 Å². The van der Waals surface area contributed by atoms with Crippen molar-refractivity contribution in [1.82, 2.24) is 0 Å². The zero-order valence-electron chi connectivity index (χ0n) is 11.2. The van der Waals surface area contributed by atoms with E-state index in [4.69, 9.17) is 22.8 Å². The predicted molar refractivity (Wildman–Crippen MR) is 70.5 cm³/mol. The zero-order chi connectivity index (χ0) is 12.7. The fraction of sp³-hybridized carbons (Fsp3) is 1.00. The van der Waals surface area contributed by atoms with Gasteiger partial charge in [0.15, 0.2) is 0 Å². The molecular weight excluding hydrogens is 256 g/mol. The normalized spacial score (nSPS) is 21.7. The summed E-state index contributed by atoms with van der Waals surface area (Å²) in [5.41, 5.74) is 0.221. The number of hydrogen-bond acceptors (Lipinski definition) is 5. The molecule has 1 aliphatic heterocycles. The lowest BCUT2D eigenvalue weighted by Gasteiger charge is -2.32. The van der Waals surface area contributed by atoms with Gasteiger partial charge in [0.25, 0.3) is 0 Å². The Balaban J connectivity index is 2.46. The standard InChI is InChI=1S/C10H24O5Si2/c1-11-17(12-2,13-3)10(4-5-16)8-14-6-9-7-15-9/h9-10H,4-8H2,1-3,16H3. The summed E-state index contributed by atoms with van der Waals surface area (Å²) in [6, 6.07) is 1.19. The third kappa shape index (κ3) is 4.43. The second-order valence-corrected chi connectivity index (χ2v) is 8.44. The summed E-state index contributed by atoms with van der Waals surface area (Å²) in [7, 11) is 3.58. The van der Waals surface area contributed by atoms with Crippen LogP contribution in [0, 0.1) is 0 Å². The van der Waals surface area contributed by atoms with E-state index in [9.17, 15) is 0 Å². The van der Waals surface area contributed by atoms with E-state index < -0.39 is 8.80 Å². The highest BCUT2D eigenvalue weighted by molar-refractivity contribution is 6.62. The van der Waals surface area contributed by atoms with Gasteiger partial charge in [-0.1, -0.05) is 6.04 Å². The summed E-state index contributed by atoms with van der Waals surface area (Å²) >= 11 is 0. The second-order valence-electron chi connectivity index (χ2n) is 4.19. The van der Waals surface area contributed by atoms with Gasteiger partial charge in [0.05, 0.1) is 25.4 Å². The molecular formula is C10H24O5Si2. The minimum absolute atomic E-state index is 0.221. The number of ether oxygens (including phenoxy) is 2. The van der Waals surface area contributed by atoms with E-state index >= 15 is 0 Å². The average molecular weight is 280 g/mol. The van der Waals surface area contributed by atoms with Crippen molar-refractivity contribution in [3.05, 3.63) is 0 Å². The number of hydrogen-bond donors (Lipinski definition) is 0. The van der Waals surface area contributed by atoms with Crippen LogP contribution in [0.25, 0.3) is 0 Å². The highest BCUT2D eigenvalue weighted by Gasteiger charge is 2.46. The van der Waals surface area contributed by atoms with Gasteiger partial charge in [0, 0.05) is 31.6 Å². The third-order valence-corrected chi connectivity index (χ3v) is 6.76. The largest absolute Gasteiger partial charge is 0.505 e. The summed E-state index contributed by atoms with van der Waals surface area (Å²) in [4.78, 5) is 0. The second kappa shape index (κ2) is 7.62. The molecule has 0 aromatic rings. The molecule has 0 saturated carbocycles. The smallest absolute Gasteiger partial charge is 0.378 e. The average Bonchev–Trinajstić information content (AvgIpc) is 3.16. The molecule has 102 valence electrons. The molecule has 1 heterocycles. The highest BCUT2D eigenvalue weighted by Crippen LogP contribution is 2.29. The van der Waals surface area contributed by atoms with Crippen molar-refractivity contribution in [2.24, 2.45) is 0 Å². The van der Waals surface area contributed by atoms with E-state index in [-0.39, 0.29) is 5.54 Å². The first kappa shape index (κ1) is 15.3. The monoisotopic (exact) mass is 280 g/mol. The molecule has 0 amide bonds. The van der Waals surface area contributed by atoms with Gasteiger partial charge in [-0.05, 0) is 6.42 Å². The summed E-state index contributed by atoms with van der Waals surface area (Å²) in [6.07, 6.45) is 1.34. The van der Waals surface area contributed by atoms with Crippen LogP contribution in [0.15, 0.2) is 0 Å².